The van der Waals surface area contributed by atoms with Crippen molar-refractivity contribution >= 4 is 11.8 Å². The number of anilines is 2. The van der Waals surface area contributed by atoms with E-state index in [2.05, 4.69) is 42.9 Å². The van der Waals surface area contributed by atoms with Crippen LogP contribution in [0.2, 0.25) is 0 Å². The first-order chi connectivity index (χ1) is 12.3. The van der Waals surface area contributed by atoms with E-state index in [4.69, 9.17) is 4.74 Å². The first-order valence-corrected chi connectivity index (χ1v) is 8.03. The normalized spacial score (nSPS) is 10.3. The molecule has 3 rings (SSSR count). The zero-order valence-corrected chi connectivity index (χ0v) is 14.0. The average Bonchev–Trinajstić information content (AvgIpc) is 2.68. The van der Waals surface area contributed by atoms with Crippen molar-refractivity contribution in [2.45, 2.75) is 13.0 Å². The molecule has 7 nitrogen and oxygen atoms in total. The molecule has 2 aromatic heterocycles. The highest BCUT2D eigenvalue weighted by molar-refractivity contribution is 5.38. The molecule has 3 aromatic rings. The van der Waals surface area contributed by atoms with Gasteiger partial charge >= 0.3 is 0 Å². The summed E-state index contributed by atoms with van der Waals surface area (Å²) in [5.41, 5.74) is 2.34. The molecule has 0 fully saturated rings. The number of hydrogen-bond donors (Lipinski definition) is 2. The zero-order valence-electron chi connectivity index (χ0n) is 14.0. The summed E-state index contributed by atoms with van der Waals surface area (Å²) in [6, 6.07) is 11.9. The van der Waals surface area contributed by atoms with Crippen molar-refractivity contribution in [3.8, 4) is 5.75 Å². The number of nitrogens with one attached hydrogen (secondary N) is 2. The number of hydrogen-bond acceptors (Lipinski definition) is 7. The first kappa shape index (κ1) is 16.6. The molecule has 0 amide bonds. The highest BCUT2D eigenvalue weighted by Gasteiger charge is 2.01. The highest BCUT2D eigenvalue weighted by atomic mass is 16.5. The highest BCUT2D eigenvalue weighted by Crippen LogP contribution is 2.12. The lowest BCUT2D eigenvalue weighted by molar-refractivity contribution is 0.414. The summed E-state index contributed by atoms with van der Waals surface area (Å²) in [6.07, 6.45) is 6.01. The molecule has 0 radical (unpaired) electrons. The van der Waals surface area contributed by atoms with Crippen molar-refractivity contribution in [1.29, 1.82) is 0 Å². The SMILES string of the molecule is COc1ccc(CCNc2cnnc(NCc3ccncc3)n2)cc1. The summed E-state index contributed by atoms with van der Waals surface area (Å²) in [4.78, 5) is 8.41. The van der Waals surface area contributed by atoms with Crippen molar-refractivity contribution in [3.63, 3.8) is 0 Å². The van der Waals surface area contributed by atoms with Crippen molar-refractivity contribution in [1.82, 2.24) is 20.2 Å². The Kier molecular flexibility index (Phi) is 5.71. The van der Waals surface area contributed by atoms with Gasteiger partial charge in [0.15, 0.2) is 5.82 Å². The van der Waals surface area contributed by atoms with Gasteiger partial charge in [-0.2, -0.15) is 10.1 Å². The van der Waals surface area contributed by atoms with Crippen LogP contribution in [0.4, 0.5) is 11.8 Å². The fourth-order valence-corrected chi connectivity index (χ4v) is 2.27. The molecule has 0 aliphatic carbocycles. The van der Waals surface area contributed by atoms with Gasteiger partial charge in [-0.15, -0.1) is 5.10 Å². The van der Waals surface area contributed by atoms with Crippen LogP contribution in [0.15, 0.2) is 55.0 Å². The molecule has 128 valence electrons. The number of ether oxygens (including phenoxy) is 1. The second-order valence-electron chi connectivity index (χ2n) is 5.40. The van der Waals surface area contributed by atoms with E-state index in [0.717, 1.165) is 24.3 Å². The number of methoxy groups -OCH3 is 1. The van der Waals surface area contributed by atoms with Crippen LogP contribution >= 0.6 is 0 Å². The Hall–Kier alpha value is -3.22. The van der Waals surface area contributed by atoms with Crippen LogP contribution in [0, 0.1) is 0 Å². The predicted molar refractivity (Wildman–Crippen MR) is 96.6 cm³/mol. The number of benzene rings is 1. The van der Waals surface area contributed by atoms with Gasteiger partial charge in [-0.1, -0.05) is 12.1 Å². The van der Waals surface area contributed by atoms with E-state index < -0.39 is 0 Å². The second kappa shape index (κ2) is 8.58. The topological polar surface area (TPSA) is 84.9 Å². The largest absolute Gasteiger partial charge is 0.497 e. The molecule has 0 saturated heterocycles. The van der Waals surface area contributed by atoms with E-state index in [-0.39, 0.29) is 0 Å². The minimum absolute atomic E-state index is 0.492. The smallest absolute Gasteiger partial charge is 0.244 e. The Balaban J connectivity index is 1.49. The number of nitrogens with zero attached hydrogens (tertiary/aromatic N) is 4. The lowest BCUT2D eigenvalue weighted by Gasteiger charge is -2.08. The van der Waals surface area contributed by atoms with E-state index in [9.17, 15) is 0 Å². The molecular formula is C18H20N6O. The second-order valence-corrected chi connectivity index (χ2v) is 5.40. The third-order valence-corrected chi connectivity index (χ3v) is 3.64. The third-order valence-electron chi connectivity index (χ3n) is 3.64. The van der Waals surface area contributed by atoms with Crippen LogP contribution in [0.3, 0.4) is 0 Å². The molecule has 0 saturated carbocycles. The lowest BCUT2D eigenvalue weighted by atomic mass is 10.1. The maximum Gasteiger partial charge on any atom is 0.244 e. The first-order valence-electron chi connectivity index (χ1n) is 8.03. The van der Waals surface area contributed by atoms with Crippen LogP contribution in [-0.2, 0) is 13.0 Å². The van der Waals surface area contributed by atoms with E-state index in [1.165, 1.54) is 5.56 Å². The van der Waals surface area contributed by atoms with Crippen LogP contribution in [0.5, 0.6) is 5.75 Å². The molecule has 0 aliphatic rings. The van der Waals surface area contributed by atoms with Gasteiger partial charge in [0.25, 0.3) is 0 Å². The van der Waals surface area contributed by atoms with Crippen LogP contribution in [0.1, 0.15) is 11.1 Å². The molecule has 2 N–H and O–H groups in total. The van der Waals surface area contributed by atoms with Gasteiger partial charge in [0.05, 0.1) is 13.3 Å². The number of rotatable bonds is 8. The molecule has 0 aliphatic heterocycles. The monoisotopic (exact) mass is 336 g/mol. The molecule has 25 heavy (non-hydrogen) atoms. The summed E-state index contributed by atoms with van der Waals surface area (Å²) in [7, 11) is 1.67. The molecule has 0 unspecified atom stereocenters. The minimum Gasteiger partial charge on any atom is -0.497 e. The van der Waals surface area contributed by atoms with Crippen molar-refractivity contribution < 1.29 is 4.74 Å². The molecule has 0 bridgehead atoms. The maximum absolute atomic E-state index is 5.16. The Morgan fingerprint density at radius 2 is 1.76 bits per heavy atom. The fourth-order valence-electron chi connectivity index (χ4n) is 2.27. The van der Waals surface area contributed by atoms with Gasteiger partial charge < -0.3 is 15.4 Å². The van der Waals surface area contributed by atoms with Crippen LogP contribution in [-0.4, -0.2) is 33.8 Å². The van der Waals surface area contributed by atoms with E-state index in [1.54, 1.807) is 25.7 Å². The zero-order chi connectivity index (χ0) is 17.3. The Morgan fingerprint density at radius 1 is 0.960 bits per heavy atom. The van der Waals surface area contributed by atoms with Gasteiger partial charge in [0, 0.05) is 25.5 Å². The average molecular weight is 336 g/mol. The Bertz CT molecular complexity index is 779. The summed E-state index contributed by atoms with van der Waals surface area (Å²) in [5.74, 6) is 2.05. The summed E-state index contributed by atoms with van der Waals surface area (Å²) >= 11 is 0. The summed E-state index contributed by atoms with van der Waals surface area (Å²) < 4.78 is 5.16. The molecular weight excluding hydrogens is 316 g/mol. The van der Waals surface area contributed by atoms with Crippen molar-refractivity contribution in [2.24, 2.45) is 0 Å². The quantitative estimate of drug-likeness (QED) is 0.654. The van der Waals surface area contributed by atoms with E-state index >= 15 is 0 Å². The fraction of sp³-hybridized carbons (Fsp3) is 0.222. The van der Waals surface area contributed by atoms with E-state index in [1.807, 2.05) is 24.3 Å². The lowest BCUT2D eigenvalue weighted by Crippen LogP contribution is -2.10. The molecule has 0 spiro atoms. The van der Waals surface area contributed by atoms with Gasteiger partial charge in [-0.3, -0.25) is 4.98 Å². The number of aromatic nitrogens is 4. The molecule has 0 atom stereocenters. The minimum atomic E-state index is 0.492. The third kappa shape index (κ3) is 5.13. The summed E-state index contributed by atoms with van der Waals surface area (Å²) in [5, 5.41) is 14.4. The van der Waals surface area contributed by atoms with Gasteiger partial charge in [-0.05, 0) is 41.8 Å². The Morgan fingerprint density at radius 3 is 2.52 bits per heavy atom. The van der Waals surface area contributed by atoms with Crippen molar-refractivity contribution in [3.05, 3.63) is 66.1 Å². The van der Waals surface area contributed by atoms with E-state index in [0.29, 0.717) is 18.3 Å². The standard InChI is InChI=1S/C18H20N6O/c1-25-16-4-2-14(3-5-16)8-11-20-17-13-22-24-18(23-17)21-12-15-6-9-19-10-7-15/h2-7,9-10,13H,8,11-12H2,1H3,(H2,20,21,23,24). The molecule has 1 aromatic carbocycles. The van der Waals surface area contributed by atoms with Gasteiger partial charge in [0.2, 0.25) is 5.95 Å². The van der Waals surface area contributed by atoms with Crippen molar-refractivity contribution in [2.75, 3.05) is 24.3 Å². The predicted octanol–water partition coefficient (Wildman–Crippen LogP) is 2.54. The van der Waals surface area contributed by atoms with Gasteiger partial charge in [-0.25, -0.2) is 0 Å². The molecule has 2 heterocycles. The van der Waals surface area contributed by atoms with Gasteiger partial charge in [0.1, 0.15) is 5.75 Å². The van der Waals surface area contributed by atoms with Crippen LogP contribution < -0.4 is 15.4 Å². The number of pyridine rings is 1. The summed E-state index contributed by atoms with van der Waals surface area (Å²) in [6.45, 7) is 1.38. The maximum atomic E-state index is 5.16. The molecule has 7 heteroatoms. The Labute approximate surface area is 146 Å². The van der Waals surface area contributed by atoms with Crippen LogP contribution in [0.25, 0.3) is 0 Å².